The molecular formula is C19H19N3O4. The van der Waals surface area contributed by atoms with Crippen LogP contribution in [0.15, 0.2) is 42.5 Å². The number of nitro groups is 1. The minimum Gasteiger partial charge on any atom is -0.325 e. The van der Waals surface area contributed by atoms with E-state index in [-0.39, 0.29) is 30.5 Å². The van der Waals surface area contributed by atoms with Crippen molar-refractivity contribution in [3.05, 3.63) is 63.7 Å². The van der Waals surface area contributed by atoms with Crippen LogP contribution in [-0.4, -0.2) is 23.3 Å². The van der Waals surface area contributed by atoms with Gasteiger partial charge in [-0.3, -0.25) is 19.7 Å². The lowest BCUT2D eigenvalue weighted by atomic mass is 10.0. The number of hydrogen-bond acceptors (Lipinski definition) is 4. The molecule has 7 heteroatoms. The topological polar surface area (TPSA) is 92.6 Å². The largest absolute Gasteiger partial charge is 0.325 e. The Bertz CT molecular complexity index is 862. The number of fused-ring (bicyclic) bond motifs is 1. The summed E-state index contributed by atoms with van der Waals surface area (Å²) < 4.78 is 0. The van der Waals surface area contributed by atoms with E-state index in [4.69, 9.17) is 0 Å². The number of anilines is 2. The summed E-state index contributed by atoms with van der Waals surface area (Å²) in [5.74, 6) is -0.475. The summed E-state index contributed by atoms with van der Waals surface area (Å²) in [4.78, 5) is 36.5. The highest BCUT2D eigenvalue weighted by Gasteiger charge is 2.27. The second-order valence-corrected chi connectivity index (χ2v) is 6.15. The van der Waals surface area contributed by atoms with Crippen molar-refractivity contribution in [2.24, 2.45) is 0 Å². The summed E-state index contributed by atoms with van der Waals surface area (Å²) in [5, 5.41) is 13.7. The molecule has 1 aliphatic heterocycles. The minimum absolute atomic E-state index is 0.0153. The van der Waals surface area contributed by atoms with E-state index in [0.717, 1.165) is 6.42 Å². The van der Waals surface area contributed by atoms with Gasteiger partial charge in [0.25, 0.3) is 5.69 Å². The van der Waals surface area contributed by atoms with E-state index in [0.29, 0.717) is 23.4 Å². The molecule has 1 aliphatic rings. The van der Waals surface area contributed by atoms with Crippen LogP contribution < -0.4 is 10.2 Å². The van der Waals surface area contributed by atoms with Gasteiger partial charge in [0.05, 0.1) is 4.92 Å². The van der Waals surface area contributed by atoms with Crippen LogP contribution in [0.5, 0.6) is 0 Å². The molecule has 2 amide bonds. The lowest BCUT2D eigenvalue weighted by Crippen LogP contribution is -2.40. The molecule has 26 heavy (non-hydrogen) atoms. The average Bonchev–Trinajstić information content (AvgIpc) is 2.64. The third-order valence-electron chi connectivity index (χ3n) is 4.42. The zero-order valence-electron chi connectivity index (χ0n) is 14.4. The number of nitrogens with zero attached hydrogens (tertiary/aromatic N) is 2. The lowest BCUT2D eigenvalue weighted by molar-refractivity contribution is -0.384. The van der Waals surface area contributed by atoms with E-state index in [1.807, 2.05) is 24.3 Å². The molecule has 0 bridgehead atoms. The van der Waals surface area contributed by atoms with Crippen LogP contribution in [-0.2, 0) is 22.4 Å². The monoisotopic (exact) mass is 353 g/mol. The molecule has 3 rings (SSSR count). The van der Waals surface area contributed by atoms with Gasteiger partial charge in [0.2, 0.25) is 11.8 Å². The third-order valence-corrected chi connectivity index (χ3v) is 4.42. The van der Waals surface area contributed by atoms with E-state index < -0.39 is 4.92 Å². The van der Waals surface area contributed by atoms with E-state index in [2.05, 4.69) is 12.2 Å². The number of carbonyl (C=O) groups excluding carboxylic acids is 2. The van der Waals surface area contributed by atoms with Crippen molar-refractivity contribution in [1.82, 2.24) is 0 Å². The number of aryl methyl sites for hydroxylation is 2. The lowest BCUT2D eigenvalue weighted by Gasteiger charge is -2.28. The molecule has 0 aromatic heterocycles. The minimum atomic E-state index is -0.465. The summed E-state index contributed by atoms with van der Waals surface area (Å²) >= 11 is 0. The summed E-state index contributed by atoms with van der Waals surface area (Å²) in [6.07, 6.45) is 1.58. The van der Waals surface area contributed by atoms with E-state index in [9.17, 15) is 19.7 Å². The predicted octanol–water partition coefficient (Wildman–Crippen LogP) is 3.08. The van der Waals surface area contributed by atoms with Gasteiger partial charge in [0, 0.05) is 29.9 Å². The van der Waals surface area contributed by atoms with Crippen LogP contribution in [0.2, 0.25) is 0 Å². The molecular weight excluding hydrogens is 334 g/mol. The molecule has 0 aliphatic carbocycles. The fourth-order valence-electron chi connectivity index (χ4n) is 3.00. The molecule has 2 aromatic carbocycles. The maximum atomic E-state index is 12.4. The number of amides is 2. The highest BCUT2D eigenvalue weighted by molar-refractivity contribution is 6.04. The Kier molecular flexibility index (Phi) is 4.97. The van der Waals surface area contributed by atoms with Crippen molar-refractivity contribution in [2.45, 2.75) is 26.2 Å². The number of carbonyl (C=O) groups is 2. The van der Waals surface area contributed by atoms with Crippen LogP contribution in [0.1, 0.15) is 24.5 Å². The molecule has 0 saturated heterocycles. The van der Waals surface area contributed by atoms with Crippen LogP contribution in [0.3, 0.4) is 0 Å². The van der Waals surface area contributed by atoms with Gasteiger partial charge in [-0.15, -0.1) is 0 Å². The van der Waals surface area contributed by atoms with Gasteiger partial charge in [-0.25, -0.2) is 0 Å². The summed E-state index contributed by atoms with van der Waals surface area (Å²) in [5.41, 5.74) is 3.09. The van der Waals surface area contributed by atoms with Gasteiger partial charge in [-0.1, -0.05) is 19.1 Å². The van der Waals surface area contributed by atoms with Crippen molar-refractivity contribution in [2.75, 3.05) is 16.8 Å². The van der Waals surface area contributed by atoms with E-state index in [1.165, 1.54) is 28.7 Å². The number of non-ortho nitro benzene ring substituents is 1. The molecule has 0 fully saturated rings. The molecule has 0 spiro atoms. The standard InChI is InChI=1S/C19H19N3O4/c1-2-13-3-6-15(7-4-13)20-18(23)12-21-17-9-8-16(22(25)26)11-14(17)5-10-19(21)24/h3-4,6-9,11H,2,5,10,12H2,1H3,(H,20,23). The summed E-state index contributed by atoms with van der Waals surface area (Å²) in [6.45, 7) is 1.93. The van der Waals surface area contributed by atoms with Crippen molar-refractivity contribution in [3.63, 3.8) is 0 Å². The van der Waals surface area contributed by atoms with E-state index >= 15 is 0 Å². The average molecular weight is 353 g/mol. The summed E-state index contributed by atoms with van der Waals surface area (Å²) in [7, 11) is 0. The number of nitrogens with one attached hydrogen (secondary N) is 1. The quantitative estimate of drug-likeness (QED) is 0.660. The second-order valence-electron chi connectivity index (χ2n) is 6.15. The fraction of sp³-hybridized carbons (Fsp3) is 0.263. The van der Waals surface area contributed by atoms with Crippen LogP contribution in [0.25, 0.3) is 0 Å². The Labute approximate surface area is 150 Å². The normalized spacial score (nSPS) is 13.3. The van der Waals surface area contributed by atoms with Crippen LogP contribution in [0, 0.1) is 10.1 Å². The van der Waals surface area contributed by atoms with Crippen molar-refractivity contribution in [3.8, 4) is 0 Å². The Morgan fingerprint density at radius 2 is 1.92 bits per heavy atom. The number of benzene rings is 2. The van der Waals surface area contributed by atoms with Crippen molar-refractivity contribution < 1.29 is 14.5 Å². The Hall–Kier alpha value is -3.22. The highest BCUT2D eigenvalue weighted by Crippen LogP contribution is 2.31. The Morgan fingerprint density at radius 3 is 2.58 bits per heavy atom. The maximum absolute atomic E-state index is 12.4. The molecule has 2 aromatic rings. The van der Waals surface area contributed by atoms with Gasteiger partial charge in [0.15, 0.2) is 0 Å². The fourth-order valence-corrected chi connectivity index (χ4v) is 3.00. The molecule has 0 atom stereocenters. The first-order valence-corrected chi connectivity index (χ1v) is 8.44. The third kappa shape index (κ3) is 3.72. The molecule has 1 heterocycles. The maximum Gasteiger partial charge on any atom is 0.269 e. The van der Waals surface area contributed by atoms with E-state index in [1.54, 1.807) is 0 Å². The Morgan fingerprint density at radius 1 is 1.19 bits per heavy atom. The van der Waals surface area contributed by atoms with Gasteiger partial charge in [-0.2, -0.15) is 0 Å². The zero-order valence-corrected chi connectivity index (χ0v) is 14.4. The van der Waals surface area contributed by atoms with Gasteiger partial charge in [0.1, 0.15) is 6.54 Å². The predicted molar refractivity (Wildman–Crippen MR) is 98.2 cm³/mol. The van der Waals surface area contributed by atoms with Crippen LogP contribution >= 0.6 is 0 Å². The number of rotatable bonds is 5. The molecule has 134 valence electrons. The first-order chi connectivity index (χ1) is 12.5. The molecule has 0 unspecified atom stereocenters. The SMILES string of the molecule is CCc1ccc(NC(=O)CN2C(=O)CCc3cc([N+](=O)[O-])ccc32)cc1. The Balaban J connectivity index is 1.75. The smallest absolute Gasteiger partial charge is 0.269 e. The number of hydrogen-bond donors (Lipinski definition) is 1. The van der Waals surface area contributed by atoms with Gasteiger partial charge >= 0.3 is 0 Å². The zero-order chi connectivity index (χ0) is 18.7. The number of nitro benzene ring substituents is 1. The van der Waals surface area contributed by atoms with Gasteiger partial charge < -0.3 is 10.2 Å². The molecule has 0 saturated carbocycles. The van der Waals surface area contributed by atoms with Gasteiger partial charge in [-0.05, 0) is 42.2 Å². The van der Waals surface area contributed by atoms with Crippen molar-refractivity contribution in [1.29, 1.82) is 0 Å². The second kappa shape index (κ2) is 7.35. The molecule has 1 N–H and O–H groups in total. The molecule has 0 radical (unpaired) electrons. The first kappa shape index (κ1) is 17.6. The van der Waals surface area contributed by atoms with Crippen LogP contribution in [0.4, 0.5) is 17.1 Å². The van der Waals surface area contributed by atoms with Crippen molar-refractivity contribution >= 4 is 28.9 Å². The molecule has 7 nitrogen and oxygen atoms in total. The summed E-state index contributed by atoms with van der Waals surface area (Å²) in [6, 6.07) is 11.9. The first-order valence-electron chi connectivity index (χ1n) is 8.44. The highest BCUT2D eigenvalue weighted by atomic mass is 16.6.